The van der Waals surface area contributed by atoms with Gasteiger partial charge in [-0.3, -0.25) is 4.98 Å². The standard InChI is InChI=1S/C17H24N2O/c1-4-5-8-20-15-6-7-17-16(11-15)14(9-12(2)18)10-13(3)19-17/h6-7,10-12H,4-5,8-9,18H2,1-3H3. The van der Waals surface area contributed by atoms with Crippen LogP contribution in [0.15, 0.2) is 24.3 Å². The second kappa shape index (κ2) is 6.71. The normalized spacial score (nSPS) is 12.6. The first-order valence-electron chi connectivity index (χ1n) is 7.38. The Labute approximate surface area is 121 Å². The van der Waals surface area contributed by atoms with Crippen LogP contribution in [0, 0.1) is 6.92 Å². The van der Waals surface area contributed by atoms with E-state index >= 15 is 0 Å². The molecular formula is C17H24N2O. The predicted molar refractivity (Wildman–Crippen MR) is 84.2 cm³/mol. The number of rotatable bonds is 6. The molecule has 0 amide bonds. The first-order valence-corrected chi connectivity index (χ1v) is 7.38. The van der Waals surface area contributed by atoms with E-state index in [-0.39, 0.29) is 6.04 Å². The molecule has 2 aromatic rings. The minimum atomic E-state index is 0.143. The minimum absolute atomic E-state index is 0.143. The predicted octanol–water partition coefficient (Wildman–Crippen LogP) is 3.61. The van der Waals surface area contributed by atoms with Gasteiger partial charge in [0.25, 0.3) is 0 Å². The molecule has 20 heavy (non-hydrogen) atoms. The topological polar surface area (TPSA) is 48.1 Å². The fourth-order valence-electron chi connectivity index (χ4n) is 2.36. The summed E-state index contributed by atoms with van der Waals surface area (Å²) in [5, 5.41) is 1.15. The third kappa shape index (κ3) is 3.70. The SMILES string of the molecule is CCCCOc1ccc2nc(C)cc(CC(C)N)c2c1. The van der Waals surface area contributed by atoms with E-state index in [1.165, 1.54) is 5.56 Å². The fraction of sp³-hybridized carbons (Fsp3) is 0.471. The molecule has 1 atom stereocenters. The van der Waals surface area contributed by atoms with Gasteiger partial charge in [-0.25, -0.2) is 0 Å². The van der Waals surface area contributed by atoms with E-state index in [0.29, 0.717) is 0 Å². The Bertz CT molecular complexity index is 578. The lowest BCUT2D eigenvalue weighted by atomic mass is 10.0. The number of nitrogens with two attached hydrogens (primary N) is 1. The maximum atomic E-state index is 5.95. The molecule has 3 heteroatoms. The van der Waals surface area contributed by atoms with Crippen molar-refractivity contribution >= 4 is 10.9 Å². The van der Waals surface area contributed by atoms with Gasteiger partial charge in [0, 0.05) is 17.1 Å². The van der Waals surface area contributed by atoms with Crippen LogP contribution in [0.2, 0.25) is 0 Å². The molecule has 2 N–H and O–H groups in total. The summed E-state index contributed by atoms with van der Waals surface area (Å²) >= 11 is 0. The van der Waals surface area contributed by atoms with Crippen LogP contribution in [-0.4, -0.2) is 17.6 Å². The molecule has 1 aromatic heterocycles. The molecule has 1 heterocycles. The van der Waals surface area contributed by atoms with Gasteiger partial charge in [-0.05, 0) is 56.5 Å². The minimum Gasteiger partial charge on any atom is -0.494 e. The van der Waals surface area contributed by atoms with Crippen LogP contribution in [0.1, 0.15) is 37.9 Å². The molecule has 0 aliphatic rings. The van der Waals surface area contributed by atoms with Crippen molar-refractivity contribution in [2.24, 2.45) is 5.73 Å². The van der Waals surface area contributed by atoms with E-state index < -0.39 is 0 Å². The summed E-state index contributed by atoms with van der Waals surface area (Å²) < 4.78 is 5.79. The smallest absolute Gasteiger partial charge is 0.120 e. The van der Waals surface area contributed by atoms with Crippen LogP contribution in [0.4, 0.5) is 0 Å². The fourth-order valence-corrected chi connectivity index (χ4v) is 2.36. The van der Waals surface area contributed by atoms with Crippen LogP contribution in [0.5, 0.6) is 5.75 Å². The number of nitrogens with zero attached hydrogens (tertiary/aromatic N) is 1. The number of ether oxygens (including phenoxy) is 1. The number of unbranched alkanes of at least 4 members (excludes halogenated alkanes) is 1. The third-order valence-corrected chi connectivity index (χ3v) is 3.30. The number of pyridine rings is 1. The number of hydrogen-bond donors (Lipinski definition) is 1. The number of hydrogen-bond acceptors (Lipinski definition) is 3. The van der Waals surface area contributed by atoms with Crippen molar-refractivity contribution in [1.29, 1.82) is 0 Å². The molecule has 0 fully saturated rings. The lowest BCUT2D eigenvalue weighted by Gasteiger charge is -2.12. The van der Waals surface area contributed by atoms with Crippen molar-refractivity contribution in [1.82, 2.24) is 4.98 Å². The third-order valence-electron chi connectivity index (χ3n) is 3.30. The van der Waals surface area contributed by atoms with E-state index in [2.05, 4.69) is 24.0 Å². The zero-order valence-electron chi connectivity index (χ0n) is 12.6. The van der Waals surface area contributed by atoms with Crippen LogP contribution in [0.25, 0.3) is 10.9 Å². The average Bonchev–Trinajstić information content (AvgIpc) is 2.39. The van der Waals surface area contributed by atoms with Gasteiger partial charge in [0.15, 0.2) is 0 Å². The second-order valence-corrected chi connectivity index (χ2v) is 5.49. The summed E-state index contributed by atoms with van der Waals surface area (Å²) in [6, 6.07) is 8.40. The maximum absolute atomic E-state index is 5.95. The first-order chi connectivity index (χ1) is 9.60. The monoisotopic (exact) mass is 272 g/mol. The van der Waals surface area contributed by atoms with Crippen LogP contribution >= 0.6 is 0 Å². The summed E-state index contributed by atoms with van der Waals surface area (Å²) in [5.41, 5.74) is 9.26. The Balaban J connectivity index is 2.35. The molecule has 0 bridgehead atoms. The quantitative estimate of drug-likeness (QED) is 0.817. The number of benzene rings is 1. The van der Waals surface area contributed by atoms with Gasteiger partial charge in [-0.15, -0.1) is 0 Å². The molecule has 0 radical (unpaired) electrons. The van der Waals surface area contributed by atoms with E-state index in [1.807, 2.05) is 26.0 Å². The lowest BCUT2D eigenvalue weighted by molar-refractivity contribution is 0.310. The summed E-state index contributed by atoms with van der Waals surface area (Å²) in [7, 11) is 0. The molecular weight excluding hydrogens is 248 g/mol. The van der Waals surface area contributed by atoms with Gasteiger partial charge in [-0.1, -0.05) is 13.3 Å². The maximum Gasteiger partial charge on any atom is 0.120 e. The van der Waals surface area contributed by atoms with E-state index in [4.69, 9.17) is 10.5 Å². The summed E-state index contributed by atoms with van der Waals surface area (Å²) in [6.07, 6.45) is 3.08. The molecule has 2 rings (SSSR count). The Morgan fingerprint density at radius 3 is 2.80 bits per heavy atom. The van der Waals surface area contributed by atoms with Crippen molar-refractivity contribution in [3.63, 3.8) is 0 Å². The van der Waals surface area contributed by atoms with E-state index in [9.17, 15) is 0 Å². The Kier molecular flexibility index (Phi) is 4.96. The lowest BCUT2D eigenvalue weighted by Crippen LogP contribution is -2.18. The average molecular weight is 272 g/mol. The largest absolute Gasteiger partial charge is 0.494 e. The summed E-state index contributed by atoms with van der Waals surface area (Å²) in [5.74, 6) is 0.919. The Hall–Kier alpha value is -1.61. The second-order valence-electron chi connectivity index (χ2n) is 5.49. The zero-order chi connectivity index (χ0) is 14.5. The molecule has 0 aliphatic carbocycles. The number of fused-ring (bicyclic) bond motifs is 1. The van der Waals surface area contributed by atoms with Gasteiger partial charge in [0.1, 0.15) is 5.75 Å². The molecule has 0 saturated carbocycles. The highest BCUT2D eigenvalue weighted by Crippen LogP contribution is 2.24. The highest BCUT2D eigenvalue weighted by molar-refractivity contribution is 5.84. The molecule has 1 aromatic carbocycles. The van der Waals surface area contributed by atoms with Crippen LogP contribution in [0.3, 0.4) is 0 Å². The Morgan fingerprint density at radius 1 is 1.30 bits per heavy atom. The van der Waals surface area contributed by atoms with Crippen molar-refractivity contribution in [2.75, 3.05) is 6.61 Å². The Morgan fingerprint density at radius 2 is 2.10 bits per heavy atom. The van der Waals surface area contributed by atoms with Crippen molar-refractivity contribution < 1.29 is 4.74 Å². The van der Waals surface area contributed by atoms with E-state index in [1.54, 1.807) is 0 Å². The molecule has 0 spiro atoms. The van der Waals surface area contributed by atoms with Gasteiger partial charge >= 0.3 is 0 Å². The van der Waals surface area contributed by atoms with E-state index in [0.717, 1.165) is 48.2 Å². The van der Waals surface area contributed by atoms with Gasteiger partial charge in [0.05, 0.1) is 12.1 Å². The van der Waals surface area contributed by atoms with Gasteiger partial charge < -0.3 is 10.5 Å². The molecule has 0 saturated heterocycles. The van der Waals surface area contributed by atoms with Crippen LogP contribution in [-0.2, 0) is 6.42 Å². The summed E-state index contributed by atoms with van der Waals surface area (Å²) in [4.78, 5) is 4.58. The molecule has 1 unspecified atom stereocenters. The molecule has 108 valence electrons. The molecule has 3 nitrogen and oxygen atoms in total. The van der Waals surface area contributed by atoms with Crippen molar-refractivity contribution in [3.05, 3.63) is 35.5 Å². The van der Waals surface area contributed by atoms with Gasteiger partial charge in [0.2, 0.25) is 0 Å². The highest BCUT2D eigenvalue weighted by atomic mass is 16.5. The van der Waals surface area contributed by atoms with Gasteiger partial charge in [-0.2, -0.15) is 0 Å². The first kappa shape index (κ1) is 14.8. The zero-order valence-corrected chi connectivity index (χ0v) is 12.6. The molecule has 0 aliphatic heterocycles. The van der Waals surface area contributed by atoms with Crippen molar-refractivity contribution in [2.45, 2.75) is 46.1 Å². The highest BCUT2D eigenvalue weighted by Gasteiger charge is 2.08. The number of aromatic nitrogens is 1. The summed E-state index contributed by atoms with van der Waals surface area (Å²) in [6.45, 7) is 6.99. The number of aryl methyl sites for hydroxylation is 1. The van der Waals surface area contributed by atoms with Crippen LogP contribution < -0.4 is 10.5 Å². The van der Waals surface area contributed by atoms with Crippen molar-refractivity contribution in [3.8, 4) is 5.75 Å².